The van der Waals surface area contributed by atoms with Crippen molar-refractivity contribution in [2.24, 2.45) is 93.2 Å². The van der Waals surface area contributed by atoms with E-state index in [2.05, 4.69) is 71.5 Å². The lowest BCUT2D eigenvalue weighted by Gasteiger charge is -2.74. The van der Waals surface area contributed by atoms with Crippen molar-refractivity contribution in [3.05, 3.63) is 94.6 Å². The van der Waals surface area contributed by atoms with Crippen molar-refractivity contribution < 1.29 is 39.9 Å². The summed E-state index contributed by atoms with van der Waals surface area (Å²) in [7, 11) is 1.95. The van der Waals surface area contributed by atoms with E-state index in [9.17, 15) is 25.2 Å². The maximum Gasteiger partial charge on any atom is 0.331 e. The van der Waals surface area contributed by atoms with Crippen LogP contribution in [0, 0.1) is 117 Å². The van der Waals surface area contributed by atoms with Gasteiger partial charge in [0.25, 0.3) is 0 Å². The molecule has 0 amide bonds. The molecule has 13 aliphatic rings. The van der Waals surface area contributed by atoms with E-state index in [4.69, 9.17) is 4.74 Å². The van der Waals surface area contributed by atoms with Crippen LogP contribution in [0.1, 0.15) is 138 Å². The number of aldehydes is 1. The zero-order valence-electron chi connectivity index (χ0n) is 44.0. The fourth-order valence-electron chi connectivity index (χ4n) is 22.1. The summed E-state index contributed by atoms with van der Waals surface area (Å²) in [6.07, 6.45) is 20.2. The average Bonchev–Trinajstić information content (AvgIpc) is 4.33. The highest BCUT2D eigenvalue weighted by Crippen LogP contribution is 2.80. The fraction of sp³-hybridized carbons (Fsp3) is 0.667. The Morgan fingerprint density at radius 1 is 0.880 bits per heavy atom. The predicted molar refractivity (Wildman–Crippen MR) is 284 cm³/mol. The number of aliphatic hydroxyl groups excluding tert-OH is 2. The second-order valence-electron chi connectivity index (χ2n) is 27.2. The number of benzene rings is 2. The van der Waals surface area contributed by atoms with Crippen LogP contribution in [-0.2, 0) is 33.8 Å². The summed E-state index contributed by atoms with van der Waals surface area (Å²) in [5.41, 5.74) is -3.68. The number of rotatable bonds is 6. The van der Waals surface area contributed by atoms with Crippen LogP contribution in [0.3, 0.4) is 0 Å². The summed E-state index contributed by atoms with van der Waals surface area (Å²) < 4.78 is 6.45. The number of hydrogen-bond donors (Lipinski definition) is 6. The Balaban J connectivity index is 0.994. The van der Waals surface area contributed by atoms with Crippen LogP contribution >= 0.6 is 0 Å². The molecule has 12 aliphatic carbocycles. The van der Waals surface area contributed by atoms with Gasteiger partial charge in [-0.3, -0.25) is 0 Å². The van der Waals surface area contributed by atoms with E-state index in [1.165, 1.54) is 31.2 Å². The second-order valence-corrected chi connectivity index (χ2v) is 27.2. The number of carbonyl (C=O) groups excluding carboxylic acids is 2. The van der Waals surface area contributed by atoms with E-state index in [0.717, 1.165) is 60.7 Å². The molecule has 0 aromatic heterocycles. The highest BCUT2D eigenvalue weighted by molar-refractivity contribution is 5.86. The Bertz CT molecular complexity index is 2830. The number of fused-ring (bicyclic) bond motifs is 6. The van der Waals surface area contributed by atoms with Gasteiger partial charge < -0.3 is 40.4 Å². The lowest BCUT2D eigenvalue weighted by Crippen LogP contribution is -2.83. The van der Waals surface area contributed by atoms with Gasteiger partial charge in [0.15, 0.2) is 0 Å². The van der Waals surface area contributed by atoms with E-state index < -0.39 is 68.9 Å². The van der Waals surface area contributed by atoms with E-state index in [1.54, 1.807) is 6.08 Å². The van der Waals surface area contributed by atoms with Crippen molar-refractivity contribution >= 4 is 12.3 Å². The first kappa shape index (κ1) is 49.2. The van der Waals surface area contributed by atoms with Crippen LogP contribution in [0.4, 0.5) is 0 Å². The maximum atomic E-state index is 15.5. The van der Waals surface area contributed by atoms with E-state index in [0.29, 0.717) is 63.2 Å². The molecule has 21 unspecified atom stereocenters. The first-order valence-corrected chi connectivity index (χ1v) is 29.6. The zero-order valence-corrected chi connectivity index (χ0v) is 44.0. The largest absolute Gasteiger partial charge is 0.454 e. The molecule has 6 N–H and O–H groups in total. The minimum atomic E-state index is -1.87. The van der Waals surface area contributed by atoms with E-state index in [1.807, 2.05) is 25.2 Å². The van der Waals surface area contributed by atoms with Crippen molar-refractivity contribution in [1.29, 1.82) is 0 Å². The number of aliphatic hydroxyl groups is 5. The molecule has 2 spiro atoms. The molecule has 1 heterocycles. The van der Waals surface area contributed by atoms with Gasteiger partial charge in [0.1, 0.15) is 18.0 Å². The molecule has 7 bridgehead atoms. The third kappa shape index (κ3) is 6.73. The third-order valence-corrected chi connectivity index (χ3v) is 24.7. The van der Waals surface area contributed by atoms with Crippen LogP contribution in [0.5, 0.6) is 0 Å². The summed E-state index contributed by atoms with van der Waals surface area (Å²) in [6, 6.07) is 16.4. The molecule has 396 valence electrons. The lowest BCUT2D eigenvalue weighted by molar-refractivity contribution is -0.361. The molecule has 2 aromatic rings. The summed E-state index contributed by atoms with van der Waals surface area (Å²) in [4.78, 5) is 29.5. The fourth-order valence-corrected chi connectivity index (χ4v) is 22.1. The molecule has 75 heavy (non-hydrogen) atoms. The Morgan fingerprint density at radius 3 is 2.52 bits per heavy atom. The number of carbonyl (C=O) groups is 2. The topological polar surface area (TPSA) is 157 Å². The van der Waals surface area contributed by atoms with Crippen LogP contribution in [0.2, 0.25) is 0 Å². The molecule has 9 heteroatoms. The van der Waals surface area contributed by atoms with E-state index in [-0.39, 0.29) is 79.3 Å². The number of likely N-dealkylation sites (N-methyl/N-ethyl adjacent to an activating group) is 1. The normalized spacial score (nSPS) is 48.7. The summed E-state index contributed by atoms with van der Waals surface area (Å²) in [5, 5.41) is 72.7. The number of nitrogens with one attached hydrogen (secondary N) is 1. The van der Waals surface area contributed by atoms with Crippen molar-refractivity contribution in [3.63, 3.8) is 0 Å². The van der Waals surface area contributed by atoms with Gasteiger partial charge in [0.2, 0.25) is 0 Å². The smallest absolute Gasteiger partial charge is 0.331 e. The van der Waals surface area contributed by atoms with Crippen LogP contribution in [0.25, 0.3) is 0 Å². The first-order valence-electron chi connectivity index (χ1n) is 29.6. The predicted octanol–water partition coefficient (Wildman–Crippen LogP) is 8.21. The summed E-state index contributed by atoms with van der Waals surface area (Å²) >= 11 is 0. The van der Waals surface area contributed by atoms with Gasteiger partial charge in [-0.15, -0.1) is 5.92 Å². The number of ether oxygens (including phenoxy) is 1. The molecule has 9 nitrogen and oxygen atoms in total. The molecule has 0 saturated heterocycles. The molecular weight excluding hydrogens is 935 g/mol. The highest BCUT2D eigenvalue weighted by atomic mass is 16.5. The number of esters is 1. The van der Waals surface area contributed by atoms with Gasteiger partial charge in [0, 0.05) is 59.6 Å². The Hall–Kier alpha value is -4.06. The molecule has 21 atom stereocenters. The third-order valence-electron chi connectivity index (χ3n) is 24.7. The standard InChI is InChI=1S/C66H79NO8/c1-67-55-30-50-41(17-9-21-46(50)36-68)16-7-8-24-62-33-45-20-10-18-42(26-39-12-3-2-4-13-39)44-23-25-61(32-44)37-63(38-69)59(45)64(72,65(62,73)34-47-27-52(55)58-53(57(47)62)31-56(70)75-58)35-48-29-51-43(28-54(60(61)71)66(48,63)74)19-11-22-49(51)40-14-5-6-15-40/h2-4,9,11-13,17,19,21,31,38,40,42-45,47-49,51-52,54-55,57-60,67-68,71-74H,5-6,8,14-15,18,22-30,32-37H2,1H3. The van der Waals surface area contributed by atoms with Gasteiger partial charge in [-0.1, -0.05) is 98.1 Å². The van der Waals surface area contributed by atoms with Gasteiger partial charge in [-0.25, -0.2) is 4.79 Å². The molecule has 8 fully saturated rings. The van der Waals surface area contributed by atoms with Crippen LogP contribution < -0.4 is 5.32 Å². The Kier molecular flexibility index (Phi) is 11.6. The van der Waals surface area contributed by atoms with Crippen molar-refractivity contribution in [2.75, 3.05) is 7.05 Å². The summed E-state index contributed by atoms with van der Waals surface area (Å²) in [5.74, 6) is 12.9. The molecular formula is C66H79NO8. The van der Waals surface area contributed by atoms with Crippen molar-refractivity contribution in [2.45, 2.75) is 170 Å². The summed E-state index contributed by atoms with van der Waals surface area (Å²) in [6.45, 7) is -0.120. The number of hydrogen-bond acceptors (Lipinski definition) is 9. The Morgan fingerprint density at radius 2 is 1.72 bits per heavy atom. The average molecular weight is 1010 g/mol. The lowest BCUT2D eigenvalue weighted by atomic mass is 9.32. The molecule has 2 aromatic carbocycles. The number of allylic oxidation sites excluding steroid dienone is 2. The van der Waals surface area contributed by atoms with Crippen molar-refractivity contribution in [3.8, 4) is 23.7 Å². The van der Waals surface area contributed by atoms with Gasteiger partial charge in [-0.05, 0) is 184 Å². The molecule has 15 rings (SSSR count). The minimum absolute atomic E-state index is 0.114. The SMILES string of the molecule is CNC1Cc2c(cccc2CO)C#CCCC23CC4C#CCC(Cc5ccccc5)C5CCC6(C5)CC5(C=O)C4C(O)(CC4CC7C(C=CCC7C7CCCC7)CC(C6O)C45O)C2(O)CC2CC1C1OC(=O)C=C1C23. The molecule has 8 saturated carbocycles. The van der Waals surface area contributed by atoms with Crippen LogP contribution in [-0.4, -0.2) is 79.9 Å². The second kappa shape index (κ2) is 17.7. The Labute approximate surface area is 444 Å². The first-order chi connectivity index (χ1) is 36.3. The maximum absolute atomic E-state index is 15.5. The van der Waals surface area contributed by atoms with Gasteiger partial charge in [-0.2, -0.15) is 0 Å². The molecule has 0 radical (unpaired) electrons. The zero-order chi connectivity index (χ0) is 51.3. The molecule has 1 aliphatic heterocycles. The monoisotopic (exact) mass is 1010 g/mol. The quantitative estimate of drug-likeness (QED) is 0.0727. The van der Waals surface area contributed by atoms with Crippen LogP contribution in [0.15, 0.2) is 72.3 Å². The minimum Gasteiger partial charge on any atom is -0.454 e. The van der Waals surface area contributed by atoms with Crippen molar-refractivity contribution in [1.82, 2.24) is 5.32 Å². The van der Waals surface area contributed by atoms with Gasteiger partial charge in [0.05, 0.1) is 29.3 Å². The van der Waals surface area contributed by atoms with E-state index >= 15 is 9.90 Å². The van der Waals surface area contributed by atoms with Gasteiger partial charge >= 0.3 is 5.97 Å². The highest BCUT2D eigenvalue weighted by Gasteiger charge is 2.86.